The molecular formula is C19H17FN4O3S2. The van der Waals surface area contributed by atoms with E-state index in [0.717, 1.165) is 20.2 Å². The first-order valence-corrected chi connectivity index (χ1v) is 10.8. The summed E-state index contributed by atoms with van der Waals surface area (Å²) >= 11 is 2.82. The van der Waals surface area contributed by atoms with Crippen molar-refractivity contribution in [2.24, 2.45) is 0 Å². The van der Waals surface area contributed by atoms with E-state index < -0.39 is 4.92 Å². The van der Waals surface area contributed by atoms with Crippen LogP contribution >= 0.6 is 23.1 Å². The van der Waals surface area contributed by atoms with Gasteiger partial charge in [-0.1, -0.05) is 11.3 Å². The molecule has 29 heavy (non-hydrogen) atoms. The largest absolute Gasteiger partial charge is 0.345 e. The number of non-ortho nitro benzene ring substituents is 1. The summed E-state index contributed by atoms with van der Waals surface area (Å²) in [6.07, 6.45) is 0. The molecule has 150 valence electrons. The molecule has 1 aromatic heterocycles. The number of piperazine rings is 1. The lowest BCUT2D eigenvalue weighted by atomic mass is 10.3. The van der Waals surface area contributed by atoms with Gasteiger partial charge in [-0.25, -0.2) is 9.37 Å². The van der Waals surface area contributed by atoms with Crippen molar-refractivity contribution >= 4 is 50.0 Å². The number of halogens is 1. The predicted molar refractivity (Wildman–Crippen MR) is 112 cm³/mol. The van der Waals surface area contributed by atoms with Crippen molar-refractivity contribution in [1.29, 1.82) is 0 Å². The lowest BCUT2D eigenvalue weighted by Crippen LogP contribution is -2.49. The third-order valence-corrected chi connectivity index (χ3v) is 6.73. The summed E-state index contributed by atoms with van der Waals surface area (Å²) in [6.45, 7) is 2.52. The number of aromatic nitrogens is 1. The monoisotopic (exact) mass is 432 g/mol. The summed E-state index contributed by atoms with van der Waals surface area (Å²) in [7, 11) is 0. The Kier molecular flexibility index (Phi) is 5.63. The zero-order valence-electron chi connectivity index (χ0n) is 15.3. The molecule has 1 fully saturated rings. The van der Waals surface area contributed by atoms with Crippen LogP contribution in [0.15, 0.2) is 47.4 Å². The van der Waals surface area contributed by atoms with E-state index in [0.29, 0.717) is 31.9 Å². The van der Waals surface area contributed by atoms with Gasteiger partial charge in [0, 0.05) is 43.2 Å². The van der Waals surface area contributed by atoms with Gasteiger partial charge in [-0.2, -0.15) is 0 Å². The topological polar surface area (TPSA) is 79.6 Å². The van der Waals surface area contributed by atoms with Gasteiger partial charge in [0.1, 0.15) is 5.82 Å². The molecule has 3 aromatic rings. The van der Waals surface area contributed by atoms with E-state index in [1.54, 1.807) is 24.3 Å². The number of anilines is 1. The standard InChI is InChI=1S/C19H17FN4O3S2/c20-13-1-4-15(5-2-13)28-12-18(25)22-7-9-23(10-8-22)19-21-16-6-3-14(24(26)27)11-17(16)29-19/h1-6,11H,7-10,12H2. The molecule has 0 saturated carbocycles. The fourth-order valence-electron chi connectivity index (χ4n) is 3.06. The Morgan fingerprint density at radius 1 is 1.17 bits per heavy atom. The van der Waals surface area contributed by atoms with E-state index in [1.165, 1.54) is 41.3 Å². The van der Waals surface area contributed by atoms with Crippen molar-refractivity contribution in [3.05, 3.63) is 58.4 Å². The van der Waals surface area contributed by atoms with Crippen molar-refractivity contribution in [3.8, 4) is 0 Å². The minimum Gasteiger partial charge on any atom is -0.345 e. The van der Waals surface area contributed by atoms with Crippen molar-refractivity contribution in [2.75, 3.05) is 36.8 Å². The number of fused-ring (bicyclic) bond motifs is 1. The highest BCUT2D eigenvalue weighted by Gasteiger charge is 2.23. The van der Waals surface area contributed by atoms with Gasteiger partial charge in [0.25, 0.3) is 5.69 Å². The van der Waals surface area contributed by atoms with Gasteiger partial charge in [-0.3, -0.25) is 14.9 Å². The molecule has 0 spiro atoms. The first kappa shape index (κ1) is 19.6. The lowest BCUT2D eigenvalue weighted by molar-refractivity contribution is -0.384. The Bertz CT molecular complexity index is 1050. The van der Waals surface area contributed by atoms with Crippen LogP contribution in [0.4, 0.5) is 15.2 Å². The molecule has 4 rings (SSSR count). The number of carbonyl (C=O) groups is 1. The molecule has 2 heterocycles. The van der Waals surface area contributed by atoms with Crippen LogP contribution in [0.2, 0.25) is 0 Å². The number of thioether (sulfide) groups is 1. The number of carbonyl (C=O) groups excluding carboxylic acids is 1. The van der Waals surface area contributed by atoms with Gasteiger partial charge >= 0.3 is 0 Å². The maximum atomic E-state index is 13.0. The molecule has 0 radical (unpaired) electrons. The third-order valence-electron chi connectivity index (χ3n) is 4.65. The molecule has 1 saturated heterocycles. The van der Waals surface area contributed by atoms with Crippen LogP contribution in [-0.4, -0.2) is 52.6 Å². The fourth-order valence-corrected chi connectivity index (χ4v) is 4.92. The molecule has 0 unspecified atom stereocenters. The van der Waals surface area contributed by atoms with Gasteiger partial charge in [0.05, 0.1) is 20.9 Å². The molecule has 0 bridgehead atoms. The first-order valence-electron chi connectivity index (χ1n) is 8.96. The molecule has 7 nitrogen and oxygen atoms in total. The summed E-state index contributed by atoms with van der Waals surface area (Å²) in [6, 6.07) is 10.8. The molecule has 0 N–H and O–H groups in total. The molecule has 2 aromatic carbocycles. The Balaban J connectivity index is 1.34. The van der Waals surface area contributed by atoms with Crippen LogP contribution in [0.3, 0.4) is 0 Å². The van der Waals surface area contributed by atoms with Crippen LogP contribution < -0.4 is 4.90 Å². The number of nitro groups is 1. The summed E-state index contributed by atoms with van der Waals surface area (Å²) in [4.78, 5) is 32.4. The second-order valence-electron chi connectivity index (χ2n) is 6.52. The first-order chi connectivity index (χ1) is 14.0. The van der Waals surface area contributed by atoms with Crippen molar-refractivity contribution < 1.29 is 14.1 Å². The van der Waals surface area contributed by atoms with Crippen molar-refractivity contribution in [1.82, 2.24) is 9.88 Å². The molecule has 10 heteroatoms. The van der Waals surface area contributed by atoms with E-state index in [2.05, 4.69) is 9.88 Å². The summed E-state index contributed by atoms with van der Waals surface area (Å²) < 4.78 is 13.7. The molecule has 0 atom stereocenters. The highest BCUT2D eigenvalue weighted by atomic mass is 32.2. The second kappa shape index (κ2) is 8.34. The van der Waals surface area contributed by atoms with Crippen molar-refractivity contribution in [2.45, 2.75) is 4.90 Å². The fraction of sp³-hybridized carbons (Fsp3) is 0.263. The number of hydrogen-bond donors (Lipinski definition) is 0. The zero-order chi connectivity index (χ0) is 20.4. The molecule has 0 aliphatic carbocycles. The van der Waals surface area contributed by atoms with E-state index in [9.17, 15) is 19.3 Å². The van der Waals surface area contributed by atoms with Gasteiger partial charge in [-0.15, -0.1) is 11.8 Å². The highest BCUT2D eigenvalue weighted by molar-refractivity contribution is 8.00. The minimum atomic E-state index is -0.410. The minimum absolute atomic E-state index is 0.0545. The molecule has 1 aliphatic heterocycles. The van der Waals surface area contributed by atoms with Crippen LogP contribution in [0.1, 0.15) is 0 Å². The smallest absolute Gasteiger partial charge is 0.270 e. The van der Waals surface area contributed by atoms with E-state index in [1.807, 2.05) is 4.90 Å². The number of benzene rings is 2. The van der Waals surface area contributed by atoms with Crippen LogP contribution in [0.5, 0.6) is 0 Å². The number of hydrogen-bond acceptors (Lipinski definition) is 7. The second-order valence-corrected chi connectivity index (χ2v) is 8.57. The molecule has 1 amide bonds. The quantitative estimate of drug-likeness (QED) is 0.347. The van der Waals surface area contributed by atoms with Crippen molar-refractivity contribution in [3.63, 3.8) is 0 Å². The van der Waals surface area contributed by atoms with Crippen LogP contribution in [0, 0.1) is 15.9 Å². The number of nitro benzene ring substituents is 1. The Hall–Kier alpha value is -2.72. The number of rotatable bonds is 5. The number of thiazole rings is 1. The average molecular weight is 433 g/mol. The summed E-state index contributed by atoms with van der Waals surface area (Å²) in [5.41, 5.74) is 0.798. The van der Waals surface area contributed by atoms with Gasteiger partial charge in [-0.05, 0) is 30.3 Å². The van der Waals surface area contributed by atoms with E-state index in [-0.39, 0.29) is 17.4 Å². The van der Waals surface area contributed by atoms with Gasteiger partial charge in [0.2, 0.25) is 5.91 Å². The summed E-state index contributed by atoms with van der Waals surface area (Å²) in [5.74, 6) is 0.0799. The molecular weight excluding hydrogens is 415 g/mol. The normalized spacial score (nSPS) is 14.4. The number of amides is 1. The lowest BCUT2D eigenvalue weighted by Gasteiger charge is -2.34. The highest BCUT2D eigenvalue weighted by Crippen LogP contribution is 2.32. The van der Waals surface area contributed by atoms with Crippen LogP contribution in [0.25, 0.3) is 10.2 Å². The predicted octanol–water partition coefficient (Wildman–Crippen LogP) is 3.78. The maximum Gasteiger partial charge on any atom is 0.270 e. The number of nitrogens with zero attached hydrogens (tertiary/aromatic N) is 4. The van der Waals surface area contributed by atoms with E-state index in [4.69, 9.17) is 0 Å². The Morgan fingerprint density at radius 2 is 1.90 bits per heavy atom. The zero-order valence-corrected chi connectivity index (χ0v) is 16.9. The Labute approximate surface area is 174 Å². The average Bonchev–Trinajstić information content (AvgIpc) is 3.16. The maximum absolute atomic E-state index is 13.0. The van der Waals surface area contributed by atoms with Gasteiger partial charge in [0.15, 0.2) is 5.13 Å². The van der Waals surface area contributed by atoms with Crippen LogP contribution in [-0.2, 0) is 4.79 Å². The summed E-state index contributed by atoms with van der Waals surface area (Å²) in [5, 5.41) is 11.7. The SMILES string of the molecule is O=C(CSc1ccc(F)cc1)N1CCN(c2nc3ccc([N+](=O)[O-])cc3s2)CC1. The van der Waals surface area contributed by atoms with E-state index >= 15 is 0 Å². The third kappa shape index (κ3) is 4.48. The van der Waals surface area contributed by atoms with Gasteiger partial charge < -0.3 is 9.80 Å². The molecule has 1 aliphatic rings. The Morgan fingerprint density at radius 3 is 2.59 bits per heavy atom.